The van der Waals surface area contributed by atoms with Crippen LogP contribution in [0.15, 0.2) is 63.9 Å². The Kier molecular flexibility index (Phi) is 7.01. The van der Waals surface area contributed by atoms with Crippen LogP contribution in [0.4, 0.5) is 0 Å². The fourth-order valence-corrected chi connectivity index (χ4v) is 3.77. The minimum Gasteiger partial charge on any atom is -0.441 e. The van der Waals surface area contributed by atoms with E-state index in [1.54, 1.807) is 23.5 Å². The molecule has 1 N–H and O–H groups in total. The van der Waals surface area contributed by atoms with Gasteiger partial charge in [-0.2, -0.15) is 0 Å². The van der Waals surface area contributed by atoms with Gasteiger partial charge in [-0.05, 0) is 43.0 Å². The van der Waals surface area contributed by atoms with Crippen LogP contribution in [-0.2, 0) is 17.1 Å². The number of amides is 1. The van der Waals surface area contributed by atoms with E-state index in [2.05, 4.69) is 28.7 Å². The SMILES string of the molecule is CSc1ccc(-c2nc(CSCC(=O)NCc3ccccc3)c(C)o2)cc1. The average Bonchev–Trinajstić information content (AvgIpc) is 3.08. The van der Waals surface area contributed by atoms with Crippen LogP contribution in [-0.4, -0.2) is 22.9 Å². The Balaban J connectivity index is 1.49. The number of oxazole rings is 1. The van der Waals surface area contributed by atoms with Crippen molar-refractivity contribution in [1.82, 2.24) is 10.3 Å². The molecular formula is C21H22N2O2S2. The Morgan fingerprint density at radius 1 is 1.11 bits per heavy atom. The van der Waals surface area contributed by atoms with Gasteiger partial charge >= 0.3 is 0 Å². The van der Waals surface area contributed by atoms with Crippen LogP contribution in [0.25, 0.3) is 11.5 Å². The molecule has 0 aliphatic heterocycles. The fraction of sp³-hybridized carbons (Fsp3) is 0.238. The van der Waals surface area contributed by atoms with E-state index in [4.69, 9.17) is 4.42 Å². The van der Waals surface area contributed by atoms with Crippen LogP contribution in [0.1, 0.15) is 17.0 Å². The number of rotatable bonds is 8. The summed E-state index contributed by atoms with van der Waals surface area (Å²) in [5, 5.41) is 2.94. The Morgan fingerprint density at radius 2 is 1.85 bits per heavy atom. The molecule has 4 nitrogen and oxygen atoms in total. The van der Waals surface area contributed by atoms with Crippen molar-refractivity contribution in [2.45, 2.75) is 24.1 Å². The molecule has 140 valence electrons. The Labute approximate surface area is 168 Å². The third-order valence-electron chi connectivity index (χ3n) is 4.03. The summed E-state index contributed by atoms with van der Waals surface area (Å²) in [7, 11) is 0. The largest absolute Gasteiger partial charge is 0.441 e. The van der Waals surface area contributed by atoms with Crippen molar-refractivity contribution in [3.05, 3.63) is 71.6 Å². The minimum absolute atomic E-state index is 0.0258. The van der Waals surface area contributed by atoms with Gasteiger partial charge in [-0.3, -0.25) is 4.79 Å². The highest BCUT2D eigenvalue weighted by molar-refractivity contribution is 7.99. The van der Waals surface area contributed by atoms with Crippen LogP contribution >= 0.6 is 23.5 Å². The van der Waals surface area contributed by atoms with E-state index in [1.807, 2.05) is 49.4 Å². The first-order valence-corrected chi connectivity index (χ1v) is 11.0. The smallest absolute Gasteiger partial charge is 0.230 e. The number of aryl methyl sites for hydroxylation is 1. The van der Waals surface area contributed by atoms with E-state index < -0.39 is 0 Å². The predicted octanol–water partition coefficient (Wildman–Crippen LogP) is 4.92. The first-order valence-electron chi connectivity index (χ1n) is 8.65. The maximum atomic E-state index is 12.0. The highest BCUT2D eigenvalue weighted by atomic mass is 32.2. The molecule has 1 aromatic heterocycles. The normalized spacial score (nSPS) is 10.7. The van der Waals surface area contributed by atoms with Gasteiger partial charge in [-0.1, -0.05) is 30.3 Å². The molecule has 27 heavy (non-hydrogen) atoms. The van der Waals surface area contributed by atoms with Crippen molar-refractivity contribution in [3.8, 4) is 11.5 Å². The maximum absolute atomic E-state index is 12.0. The van der Waals surface area contributed by atoms with E-state index in [9.17, 15) is 4.79 Å². The lowest BCUT2D eigenvalue weighted by molar-refractivity contribution is -0.118. The minimum atomic E-state index is 0.0258. The van der Waals surface area contributed by atoms with Gasteiger partial charge in [0, 0.05) is 22.8 Å². The summed E-state index contributed by atoms with van der Waals surface area (Å²) in [6, 6.07) is 18.1. The van der Waals surface area contributed by atoms with Crippen molar-refractivity contribution in [2.24, 2.45) is 0 Å². The highest BCUT2D eigenvalue weighted by Gasteiger charge is 2.12. The lowest BCUT2D eigenvalue weighted by atomic mass is 10.2. The van der Waals surface area contributed by atoms with E-state index in [1.165, 1.54) is 4.90 Å². The molecular weight excluding hydrogens is 376 g/mol. The lowest BCUT2D eigenvalue weighted by Gasteiger charge is -2.04. The van der Waals surface area contributed by atoms with Gasteiger partial charge in [0.05, 0.1) is 11.4 Å². The molecule has 0 bridgehead atoms. The summed E-state index contributed by atoms with van der Waals surface area (Å²) in [4.78, 5) is 17.8. The van der Waals surface area contributed by atoms with Gasteiger partial charge < -0.3 is 9.73 Å². The molecule has 1 amide bonds. The molecule has 3 rings (SSSR count). The number of carbonyl (C=O) groups is 1. The molecule has 0 radical (unpaired) electrons. The first kappa shape index (κ1) is 19.6. The number of carbonyl (C=O) groups excluding carboxylic acids is 1. The summed E-state index contributed by atoms with van der Waals surface area (Å²) in [5.74, 6) is 2.51. The van der Waals surface area contributed by atoms with Gasteiger partial charge in [0.25, 0.3) is 0 Å². The number of hydrogen-bond acceptors (Lipinski definition) is 5. The summed E-state index contributed by atoms with van der Waals surface area (Å²) in [6.07, 6.45) is 2.05. The van der Waals surface area contributed by atoms with Crippen molar-refractivity contribution < 1.29 is 9.21 Å². The Morgan fingerprint density at radius 3 is 2.56 bits per heavy atom. The van der Waals surface area contributed by atoms with Crippen molar-refractivity contribution >= 4 is 29.4 Å². The van der Waals surface area contributed by atoms with Gasteiger partial charge in [0.1, 0.15) is 5.76 Å². The topological polar surface area (TPSA) is 55.1 Å². The second-order valence-corrected chi connectivity index (χ2v) is 7.87. The molecule has 0 aliphatic carbocycles. The number of thioether (sulfide) groups is 2. The van der Waals surface area contributed by atoms with Crippen LogP contribution in [0, 0.1) is 6.92 Å². The monoisotopic (exact) mass is 398 g/mol. The summed E-state index contributed by atoms with van der Waals surface area (Å²) in [5.41, 5.74) is 2.95. The predicted molar refractivity (Wildman–Crippen MR) is 113 cm³/mol. The van der Waals surface area contributed by atoms with E-state index in [-0.39, 0.29) is 5.91 Å². The van der Waals surface area contributed by atoms with Gasteiger partial charge in [-0.25, -0.2) is 4.98 Å². The average molecular weight is 399 g/mol. The molecule has 3 aromatic rings. The maximum Gasteiger partial charge on any atom is 0.230 e. The first-order chi connectivity index (χ1) is 13.2. The number of nitrogens with one attached hydrogen (secondary N) is 1. The van der Waals surface area contributed by atoms with Gasteiger partial charge in [-0.15, -0.1) is 23.5 Å². The van der Waals surface area contributed by atoms with Crippen molar-refractivity contribution in [1.29, 1.82) is 0 Å². The Bertz CT molecular complexity index is 877. The van der Waals surface area contributed by atoms with E-state index in [0.717, 1.165) is 22.6 Å². The zero-order valence-corrected chi connectivity index (χ0v) is 17.0. The Hall–Kier alpha value is -2.18. The number of nitrogens with zero attached hydrogens (tertiary/aromatic N) is 1. The summed E-state index contributed by atoms with van der Waals surface area (Å²) >= 11 is 3.25. The van der Waals surface area contributed by atoms with Crippen LogP contribution < -0.4 is 5.32 Å². The fourth-order valence-electron chi connectivity index (χ4n) is 2.51. The second-order valence-electron chi connectivity index (χ2n) is 6.01. The van der Waals surface area contributed by atoms with E-state index >= 15 is 0 Å². The molecule has 6 heteroatoms. The van der Waals surface area contributed by atoms with Gasteiger partial charge in [0.2, 0.25) is 11.8 Å². The third kappa shape index (κ3) is 5.65. The molecule has 0 fully saturated rings. The van der Waals surface area contributed by atoms with E-state index in [0.29, 0.717) is 23.9 Å². The highest BCUT2D eigenvalue weighted by Crippen LogP contribution is 2.26. The molecule has 0 unspecified atom stereocenters. The van der Waals surface area contributed by atoms with Crippen LogP contribution in [0.2, 0.25) is 0 Å². The number of hydrogen-bond donors (Lipinski definition) is 1. The molecule has 1 heterocycles. The molecule has 0 saturated heterocycles. The molecule has 0 spiro atoms. The van der Waals surface area contributed by atoms with Gasteiger partial charge in [0.15, 0.2) is 0 Å². The number of benzene rings is 2. The second kappa shape index (κ2) is 9.67. The van der Waals surface area contributed by atoms with Crippen LogP contribution in [0.3, 0.4) is 0 Å². The molecule has 2 aromatic carbocycles. The van der Waals surface area contributed by atoms with Crippen molar-refractivity contribution in [3.63, 3.8) is 0 Å². The van der Waals surface area contributed by atoms with Crippen LogP contribution in [0.5, 0.6) is 0 Å². The molecule has 0 saturated carbocycles. The third-order valence-corrected chi connectivity index (χ3v) is 5.72. The summed E-state index contributed by atoms with van der Waals surface area (Å²) in [6.45, 7) is 2.47. The summed E-state index contributed by atoms with van der Waals surface area (Å²) < 4.78 is 5.81. The molecule has 0 atom stereocenters. The molecule has 0 aliphatic rings. The standard InChI is InChI=1S/C21H22N2O2S2/c1-15-19(23-21(25-15)17-8-10-18(26-2)11-9-17)13-27-14-20(24)22-12-16-6-4-3-5-7-16/h3-11H,12-14H2,1-2H3,(H,22,24). The quantitative estimate of drug-likeness (QED) is 0.546. The lowest BCUT2D eigenvalue weighted by Crippen LogP contribution is -2.24. The number of aromatic nitrogens is 1. The zero-order valence-electron chi connectivity index (χ0n) is 15.4. The van der Waals surface area contributed by atoms with Crippen molar-refractivity contribution in [2.75, 3.05) is 12.0 Å². The zero-order chi connectivity index (χ0) is 19.1.